The number of rotatable bonds is 7. The van der Waals surface area contributed by atoms with Crippen LogP contribution in [0.3, 0.4) is 0 Å². The Hall–Kier alpha value is -1.96. The number of sulfonamides is 1. The summed E-state index contributed by atoms with van der Waals surface area (Å²) in [6, 6.07) is 10.6. The number of hydrogen-bond donors (Lipinski definition) is 0. The fraction of sp³-hybridized carbons (Fsp3) is 0.429. The van der Waals surface area contributed by atoms with Crippen LogP contribution in [0.5, 0.6) is 11.5 Å². The van der Waals surface area contributed by atoms with Crippen LogP contribution in [-0.2, 0) is 10.0 Å². The number of benzene rings is 2. The van der Waals surface area contributed by atoms with Gasteiger partial charge in [0.1, 0.15) is 0 Å². The van der Waals surface area contributed by atoms with E-state index in [0.717, 1.165) is 11.3 Å². The Balaban J connectivity index is 1.77. The SMILES string of the molecule is CCOc1ccc(S(=O)(=O)N2CCN(c3cc(Cl)ccc3C)CC2)cc1OCC. The summed E-state index contributed by atoms with van der Waals surface area (Å²) < 4.78 is 39.0. The molecule has 0 unspecified atom stereocenters. The maximum atomic E-state index is 13.2. The third-order valence-corrected chi connectivity index (χ3v) is 7.03. The monoisotopic (exact) mass is 438 g/mol. The summed E-state index contributed by atoms with van der Waals surface area (Å²) in [4.78, 5) is 2.40. The Bertz CT molecular complexity index is 957. The molecule has 158 valence electrons. The minimum absolute atomic E-state index is 0.219. The first-order chi connectivity index (χ1) is 13.9. The van der Waals surface area contributed by atoms with Crippen molar-refractivity contribution in [2.75, 3.05) is 44.3 Å². The van der Waals surface area contributed by atoms with Gasteiger partial charge in [0.05, 0.1) is 18.1 Å². The van der Waals surface area contributed by atoms with E-state index in [-0.39, 0.29) is 4.90 Å². The first kappa shape index (κ1) is 21.7. The minimum atomic E-state index is -3.61. The number of aryl methyl sites for hydroxylation is 1. The molecule has 0 N–H and O–H groups in total. The molecular weight excluding hydrogens is 412 g/mol. The van der Waals surface area contributed by atoms with Crippen LogP contribution in [0, 0.1) is 6.92 Å². The van der Waals surface area contributed by atoms with Gasteiger partial charge in [0, 0.05) is 43.0 Å². The Morgan fingerprint density at radius 3 is 2.24 bits per heavy atom. The molecule has 0 amide bonds. The lowest BCUT2D eigenvalue weighted by molar-refractivity contribution is 0.287. The summed E-state index contributed by atoms with van der Waals surface area (Å²) in [5, 5.41) is 0.679. The Morgan fingerprint density at radius 1 is 0.931 bits per heavy atom. The van der Waals surface area contributed by atoms with Gasteiger partial charge in [-0.25, -0.2) is 8.42 Å². The zero-order valence-electron chi connectivity index (χ0n) is 17.0. The summed E-state index contributed by atoms with van der Waals surface area (Å²) in [5.41, 5.74) is 2.17. The Morgan fingerprint density at radius 2 is 1.59 bits per heavy atom. The van der Waals surface area contributed by atoms with Crippen LogP contribution in [-0.4, -0.2) is 52.1 Å². The van der Waals surface area contributed by atoms with Crippen molar-refractivity contribution in [3.63, 3.8) is 0 Å². The van der Waals surface area contributed by atoms with E-state index in [1.54, 1.807) is 18.2 Å². The second-order valence-corrected chi connectivity index (χ2v) is 9.17. The molecular formula is C21H27ClN2O4S. The molecule has 0 atom stereocenters. The van der Waals surface area contributed by atoms with Crippen molar-refractivity contribution in [2.45, 2.75) is 25.7 Å². The summed E-state index contributed by atoms with van der Waals surface area (Å²) >= 11 is 6.14. The predicted octanol–water partition coefficient (Wildman–Crippen LogP) is 3.96. The number of hydrogen-bond acceptors (Lipinski definition) is 5. The van der Waals surface area contributed by atoms with E-state index in [1.165, 1.54) is 4.31 Å². The molecule has 1 saturated heterocycles. The number of anilines is 1. The maximum absolute atomic E-state index is 13.2. The Labute approximate surface area is 178 Å². The smallest absolute Gasteiger partial charge is 0.243 e. The van der Waals surface area contributed by atoms with E-state index >= 15 is 0 Å². The highest BCUT2D eigenvalue weighted by atomic mass is 35.5. The lowest BCUT2D eigenvalue weighted by atomic mass is 10.1. The second-order valence-electron chi connectivity index (χ2n) is 6.80. The summed E-state index contributed by atoms with van der Waals surface area (Å²) in [5.74, 6) is 0.998. The van der Waals surface area contributed by atoms with Crippen LogP contribution in [0.4, 0.5) is 5.69 Å². The molecule has 8 heteroatoms. The quantitative estimate of drug-likeness (QED) is 0.654. The van der Waals surface area contributed by atoms with Gasteiger partial charge in [-0.3, -0.25) is 0 Å². The van der Waals surface area contributed by atoms with Gasteiger partial charge in [-0.2, -0.15) is 4.31 Å². The van der Waals surface area contributed by atoms with E-state index in [1.807, 2.05) is 39.0 Å². The zero-order valence-corrected chi connectivity index (χ0v) is 18.6. The molecule has 1 heterocycles. The van der Waals surface area contributed by atoms with E-state index in [4.69, 9.17) is 21.1 Å². The molecule has 1 fully saturated rings. The highest BCUT2D eigenvalue weighted by Gasteiger charge is 2.30. The van der Waals surface area contributed by atoms with Gasteiger partial charge in [0.15, 0.2) is 11.5 Å². The summed E-state index contributed by atoms with van der Waals surface area (Å²) in [6.45, 7) is 8.71. The summed E-state index contributed by atoms with van der Waals surface area (Å²) in [7, 11) is -3.61. The van der Waals surface area contributed by atoms with Crippen LogP contribution in [0.25, 0.3) is 0 Å². The molecule has 0 aromatic heterocycles. The van der Waals surface area contributed by atoms with Crippen molar-refractivity contribution in [1.29, 1.82) is 0 Å². The van der Waals surface area contributed by atoms with Crippen LogP contribution in [0.1, 0.15) is 19.4 Å². The second kappa shape index (κ2) is 9.24. The third kappa shape index (κ3) is 4.79. The zero-order chi connectivity index (χ0) is 21.0. The van der Waals surface area contributed by atoms with Gasteiger partial charge in [-0.05, 0) is 50.6 Å². The molecule has 3 rings (SSSR count). The molecule has 6 nitrogen and oxygen atoms in total. The number of nitrogens with zero attached hydrogens (tertiary/aromatic N) is 2. The fourth-order valence-electron chi connectivity index (χ4n) is 3.43. The number of piperazine rings is 1. The van der Waals surface area contributed by atoms with Crippen molar-refractivity contribution in [3.8, 4) is 11.5 Å². The third-order valence-electron chi connectivity index (χ3n) is 4.90. The van der Waals surface area contributed by atoms with Crippen LogP contribution in [0.2, 0.25) is 5.02 Å². The van der Waals surface area contributed by atoms with E-state index in [2.05, 4.69) is 4.90 Å². The standard InChI is InChI=1S/C21H27ClN2O4S/c1-4-27-20-9-8-18(15-21(20)28-5-2)29(25,26)24-12-10-23(11-13-24)19-14-17(22)7-6-16(19)3/h6-9,14-15H,4-5,10-13H2,1-3H3. The van der Waals surface area contributed by atoms with Gasteiger partial charge < -0.3 is 14.4 Å². The average Bonchev–Trinajstić information content (AvgIpc) is 2.71. The van der Waals surface area contributed by atoms with Crippen molar-refractivity contribution in [2.24, 2.45) is 0 Å². The van der Waals surface area contributed by atoms with Gasteiger partial charge in [0.2, 0.25) is 10.0 Å². The molecule has 1 aliphatic rings. The lowest BCUT2D eigenvalue weighted by Crippen LogP contribution is -2.48. The first-order valence-electron chi connectivity index (χ1n) is 9.77. The topological polar surface area (TPSA) is 59.1 Å². The highest BCUT2D eigenvalue weighted by molar-refractivity contribution is 7.89. The van der Waals surface area contributed by atoms with Crippen LogP contribution < -0.4 is 14.4 Å². The predicted molar refractivity (Wildman–Crippen MR) is 116 cm³/mol. The van der Waals surface area contributed by atoms with Crippen molar-refractivity contribution >= 4 is 27.3 Å². The van der Waals surface area contributed by atoms with Crippen molar-refractivity contribution in [1.82, 2.24) is 4.31 Å². The van der Waals surface area contributed by atoms with Gasteiger partial charge in [-0.15, -0.1) is 0 Å². The largest absolute Gasteiger partial charge is 0.490 e. The van der Waals surface area contributed by atoms with E-state index in [0.29, 0.717) is 55.9 Å². The van der Waals surface area contributed by atoms with Crippen LogP contribution in [0.15, 0.2) is 41.3 Å². The minimum Gasteiger partial charge on any atom is -0.490 e. The van der Waals surface area contributed by atoms with Gasteiger partial charge in [0.25, 0.3) is 0 Å². The normalized spacial score (nSPS) is 15.4. The van der Waals surface area contributed by atoms with Gasteiger partial charge >= 0.3 is 0 Å². The molecule has 0 saturated carbocycles. The Kier molecular flexibility index (Phi) is 6.93. The van der Waals surface area contributed by atoms with Crippen molar-refractivity contribution in [3.05, 3.63) is 47.0 Å². The lowest BCUT2D eigenvalue weighted by Gasteiger charge is -2.36. The van der Waals surface area contributed by atoms with Crippen molar-refractivity contribution < 1.29 is 17.9 Å². The van der Waals surface area contributed by atoms with Crippen LogP contribution >= 0.6 is 11.6 Å². The van der Waals surface area contributed by atoms with E-state index in [9.17, 15) is 8.42 Å². The molecule has 0 spiro atoms. The highest BCUT2D eigenvalue weighted by Crippen LogP contribution is 2.32. The fourth-order valence-corrected chi connectivity index (χ4v) is 5.04. The maximum Gasteiger partial charge on any atom is 0.243 e. The molecule has 2 aromatic rings. The van der Waals surface area contributed by atoms with Gasteiger partial charge in [-0.1, -0.05) is 17.7 Å². The molecule has 0 aliphatic carbocycles. The first-order valence-corrected chi connectivity index (χ1v) is 11.6. The average molecular weight is 439 g/mol. The van der Waals surface area contributed by atoms with E-state index < -0.39 is 10.0 Å². The molecule has 0 radical (unpaired) electrons. The molecule has 0 bridgehead atoms. The summed E-state index contributed by atoms with van der Waals surface area (Å²) in [6.07, 6.45) is 0. The number of halogens is 1. The number of ether oxygens (including phenoxy) is 2. The molecule has 29 heavy (non-hydrogen) atoms. The molecule has 2 aromatic carbocycles. The molecule has 1 aliphatic heterocycles.